The van der Waals surface area contributed by atoms with Gasteiger partial charge in [0.1, 0.15) is 11.5 Å². The minimum absolute atomic E-state index is 0.174. The Morgan fingerprint density at radius 1 is 1.06 bits per heavy atom. The average molecular weight is 473 g/mol. The van der Waals surface area contributed by atoms with Gasteiger partial charge in [0.2, 0.25) is 17.6 Å². The Morgan fingerprint density at radius 3 is 2.45 bits per heavy atom. The number of nitrogens with one attached hydrogen (secondary N) is 2. The molecule has 0 radical (unpaired) electrons. The van der Waals surface area contributed by atoms with Crippen molar-refractivity contribution in [3.05, 3.63) is 59.4 Å². The molecule has 9 nitrogen and oxygen atoms in total. The van der Waals surface area contributed by atoms with Gasteiger partial charge in [0, 0.05) is 23.4 Å². The monoisotopic (exact) mass is 472 g/mol. The Kier molecular flexibility index (Phi) is 8.65. The van der Waals surface area contributed by atoms with Crippen molar-refractivity contribution in [3.8, 4) is 22.9 Å². The van der Waals surface area contributed by atoms with Gasteiger partial charge in [-0.05, 0) is 68.8 Å². The molecule has 1 heterocycles. The van der Waals surface area contributed by atoms with E-state index >= 15 is 0 Å². The van der Waals surface area contributed by atoms with Crippen molar-refractivity contribution in [1.29, 1.82) is 0 Å². The van der Waals surface area contributed by atoms with Crippen molar-refractivity contribution in [2.24, 2.45) is 0 Å². The van der Waals surface area contributed by atoms with Gasteiger partial charge < -0.3 is 14.0 Å². The molecule has 2 amide bonds. The summed E-state index contributed by atoms with van der Waals surface area (Å²) in [5.41, 5.74) is 5.53. The number of halogens is 1. The van der Waals surface area contributed by atoms with E-state index in [1.54, 1.807) is 55.5 Å². The molecule has 0 aliphatic carbocycles. The highest BCUT2D eigenvalue weighted by Gasteiger charge is 2.16. The van der Waals surface area contributed by atoms with Crippen molar-refractivity contribution in [3.63, 3.8) is 0 Å². The number of hydrogen-bond donors (Lipinski definition) is 2. The Morgan fingerprint density at radius 2 is 1.76 bits per heavy atom. The van der Waals surface area contributed by atoms with Crippen LogP contribution in [-0.2, 0) is 16.0 Å². The van der Waals surface area contributed by atoms with Crippen LogP contribution in [-0.4, -0.2) is 34.7 Å². The van der Waals surface area contributed by atoms with Crippen molar-refractivity contribution >= 4 is 23.4 Å². The lowest BCUT2D eigenvalue weighted by Crippen LogP contribution is -2.47. The number of aryl methyl sites for hydroxylation is 1. The molecule has 0 spiro atoms. The molecule has 33 heavy (non-hydrogen) atoms. The molecule has 174 valence electrons. The highest BCUT2D eigenvalue weighted by molar-refractivity contribution is 6.30. The number of carbonyl (C=O) groups excluding carboxylic acids is 2. The normalized spacial score (nSPS) is 11.5. The van der Waals surface area contributed by atoms with E-state index in [0.29, 0.717) is 41.9 Å². The Labute approximate surface area is 196 Å². The molecule has 1 atom stereocenters. The lowest BCUT2D eigenvalue weighted by Gasteiger charge is -2.15. The third-order valence-corrected chi connectivity index (χ3v) is 4.76. The molecule has 10 heteroatoms. The second-order valence-corrected chi connectivity index (χ2v) is 7.51. The van der Waals surface area contributed by atoms with Crippen LogP contribution in [0.4, 0.5) is 0 Å². The van der Waals surface area contributed by atoms with E-state index in [-0.39, 0.29) is 12.3 Å². The maximum atomic E-state index is 12.2. The molecule has 0 aliphatic heterocycles. The summed E-state index contributed by atoms with van der Waals surface area (Å²) in [6.07, 6.45) is 0.280. The van der Waals surface area contributed by atoms with Gasteiger partial charge >= 0.3 is 0 Å². The molecule has 1 aromatic heterocycles. The van der Waals surface area contributed by atoms with E-state index in [9.17, 15) is 9.59 Å². The molecule has 0 bridgehead atoms. The Hall–Kier alpha value is -3.59. The lowest BCUT2D eigenvalue weighted by atomic mass is 10.2. The Bertz CT molecular complexity index is 1050. The van der Waals surface area contributed by atoms with Crippen LogP contribution >= 0.6 is 11.6 Å². The highest BCUT2D eigenvalue weighted by Crippen LogP contribution is 2.20. The molecular weight excluding hydrogens is 448 g/mol. The second kappa shape index (κ2) is 11.9. The van der Waals surface area contributed by atoms with E-state index in [1.165, 1.54) is 0 Å². The van der Waals surface area contributed by atoms with Gasteiger partial charge in [-0.2, -0.15) is 4.98 Å². The zero-order valence-electron chi connectivity index (χ0n) is 18.3. The summed E-state index contributed by atoms with van der Waals surface area (Å²) in [7, 11) is 0. The predicted octanol–water partition coefficient (Wildman–Crippen LogP) is 3.73. The molecule has 0 aliphatic rings. The minimum atomic E-state index is -0.798. The van der Waals surface area contributed by atoms with Crippen LogP contribution in [0, 0.1) is 0 Å². The van der Waals surface area contributed by atoms with Crippen molar-refractivity contribution < 1.29 is 23.6 Å². The van der Waals surface area contributed by atoms with Crippen molar-refractivity contribution in [2.75, 3.05) is 6.61 Å². The zero-order chi connectivity index (χ0) is 23.6. The fourth-order valence-corrected chi connectivity index (χ4v) is 2.93. The average Bonchev–Trinajstić information content (AvgIpc) is 3.28. The van der Waals surface area contributed by atoms with Crippen LogP contribution in [0.5, 0.6) is 11.5 Å². The first-order chi connectivity index (χ1) is 15.9. The Balaban J connectivity index is 1.36. The summed E-state index contributed by atoms with van der Waals surface area (Å²) >= 11 is 5.88. The van der Waals surface area contributed by atoms with Crippen LogP contribution in [0.2, 0.25) is 5.02 Å². The van der Waals surface area contributed by atoms with Gasteiger partial charge in [-0.3, -0.25) is 20.4 Å². The largest absolute Gasteiger partial charge is 0.494 e. The number of aromatic nitrogens is 2. The van der Waals surface area contributed by atoms with Gasteiger partial charge in [-0.1, -0.05) is 16.8 Å². The standard InChI is InChI=1S/C23H25ClN4O5/c1-3-31-18-11-13-19(14-12-18)32-15(2)23(30)27-26-20(29)5-4-6-21-25-22(28-33-21)16-7-9-17(24)10-8-16/h7-15H,3-6H2,1-2H3,(H,26,29)(H,27,30). The van der Waals surface area contributed by atoms with E-state index in [4.69, 9.17) is 25.6 Å². The molecule has 1 unspecified atom stereocenters. The first-order valence-corrected chi connectivity index (χ1v) is 10.9. The van der Waals surface area contributed by atoms with Gasteiger partial charge in [-0.15, -0.1) is 0 Å². The summed E-state index contributed by atoms with van der Waals surface area (Å²) in [5, 5.41) is 4.56. The topological polar surface area (TPSA) is 116 Å². The van der Waals surface area contributed by atoms with E-state index in [0.717, 1.165) is 11.3 Å². The lowest BCUT2D eigenvalue weighted by molar-refractivity contribution is -0.132. The van der Waals surface area contributed by atoms with E-state index < -0.39 is 12.0 Å². The maximum absolute atomic E-state index is 12.2. The number of hydrogen-bond acceptors (Lipinski definition) is 7. The summed E-state index contributed by atoms with van der Waals surface area (Å²) in [6, 6.07) is 14.0. The highest BCUT2D eigenvalue weighted by atomic mass is 35.5. The fourth-order valence-electron chi connectivity index (χ4n) is 2.81. The quantitative estimate of drug-likeness (QED) is 0.432. The molecule has 0 saturated carbocycles. The van der Waals surface area contributed by atoms with Crippen LogP contribution in [0.25, 0.3) is 11.4 Å². The summed E-state index contributed by atoms with van der Waals surface area (Å²) < 4.78 is 16.2. The van der Waals surface area contributed by atoms with Crippen LogP contribution in [0.3, 0.4) is 0 Å². The molecule has 3 rings (SSSR count). The first kappa shape index (κ1) is 24.1. The third kappa shape index (κ3) is 7.50. The zero-order valence-corrected chi connectivity index (χ0v) is 19.1. The first-order valence-electron chi connectivity index (χ1n) is 10.5. The summed E-state index contributed by atoms with van der Waals surface area (Å²) in [4.78, 5) is 28.5. The predicted molar refractivity (Wildman–Crippen MR) is 122 cm³/mol. The van der Waals surface area contributed by atoms with Crippen molar-refractivity contribution in [2.45, 2.75) is 39.2 Å². The van der Waals surface area contributed by atoms with E-state index in [1.807, 2.05) is 6.92 Å². The summed E-state index contributed by atoms with van der Waals surface area (Å²) in [6.45, 7) is 4.05. The number of hydrazine groups is 1. The van der Waals surface area contributed by atoms with Gasteiger partial charge in [0.15, 0.2) is 6.10 Å². The second-order valence-electron chi connectivity index (χ2n) is 7.07. The molecule has 2 N–H and O–H groups in total. The minimum Gasteiger partial charge on any atom is -0.494 e. The van der Waals surface area contributed by atoms with Crippen molar-refractivity contribution in [1.82, 2.24) is 21.0 Å². The molecule has 0 saturated heterocycles. The fraction of sp³-hybridized carbons (Fsp3) is 0.304. The van der Waals surface area contributed by atoms with E-state index in [2.05, 4.69) is 21.0 Å². The number of amides is 2. The molecule has 2 aromatic carbocycles. The molecular formula is C23H25ClN4O5. The number of ether oxygens (including phenoxy) is 2. The molecule has 0 fully saturated rings. The summed E-state index contributed by atoms with van der Waals surface area (Å²) in [5.74, 6) is 1.31. The van der Waals surface area contributed by atoms with Crippen LogP contribution in [0.15, 0.2) is 53.1 Å². The van der Waals surface area contributed by atoms with Gasteiger partial charge in [0.25, 0.3) is 5.91 Å². The van der Waals surface area contributed by atoms with Crippen LogP contribution < -0.4 is 20.3 Å². The van der Waals surface area contributed by atoms with Gasteiger partial charge in [0.05, 0.1) is 6.61 Å². The SMILES string of the molecule is CCOc1ccc(OC(C)C(=O)NNC(=O)CCCc2nc(-c3ccc(Cl)cc3)no2)cc1. The number of carbonyl (C=O) groups is 2. The third-order valence-electron chi connectivity index (χ3n) is 4.51. The smallest absolute Gasteiger partial charge is 0.279 e. The van der Waals surface area contributed by atoms with Crippen LogP contribution in [0.1, 0.15) is 32.6 Å². The maximum Gasteiger partial charge on any atom is 0.279 e. The number of nitrogens with zero attached hydrogens (tertiary/aromatic N) is 2. The van der Waals surface area contributed by atoms with Gasteiger partial charge in [-0.25, -0.2) is 0 Å². The number of rotatable bonds is 10. The molecule has 3 aromatic rings. The number of benzene rings is 2.